The number of thiazole rings is 1. The number of anilines is 2. The number of carbonyl (C=O) groups excluding carboxylic acids is 2. The minimum Gasteiger partial charge on any atom is -0.496 e. The maximum absolute atomic E-state index is 12.6. The molecule has 152 valence electrons. The first kappa shape index (κ1) is 19.7. The number of para-hydroxylation sites is 1. The highest BCUT2D eigenvalue weighted by atomic mass is 32.1. The number of hydrogen-bond donors (Lipinski definition) is 1. The number of ether oxygens (including phenoxy) is 2. The zero-order valence-corrected chi connectivity index (χ0v) is 17.1. The Morgan fingerprint density at radius 1 is 1.37 bits per heavy atom. The van der Waals surface area contributed by atoms with Crippen molar-refractivity contribution in [2.75, 3.05) is 30.5 Å². The molecule has 7 nitrogen and oxygen atoms in total. The lowest BCUT2D eigenvalue weighted by molar-refractivity contribution is -0.121. The van der Waals surface area contributed by atoms with Crippen molar-refractivity contribution in [3.8, 4) is 22.8 Å². The van der Waals surface area contributed by atoms with Crippen LogP contribution in [0.3, 0.4) is 0 Å². The first-order valence-electron chi connectivity index (χ1n) is 9.19. The van der Waals surface area contributed by atoms with E-state index in [1.165, 1.54) is 18.4 Å². The third-order valence-corrected chi connectivity index (χ3v) is 5.34. The van der Waals surface area contributed by atoms with E-state index in [4.69, 9.17) is 9.47 Å². The van der Waals surface area contributed by atoms with E-state index >= 15 is 0 Å². The summed E-state index contributed by atoms with van der Waals surface area (Å²) >= 11 is 1.32. The first-order valence-corrected chi connectivity index (χ1v) is 10.1. The fourth-order valence-corrected chi connectivity index (χ4v) is 3.87. The van der Waals surface area contributed by atoms with Crippen molar-refractivity contribution >= 4 is 34.0 Å². The molecule has 1 aliphatic heterocycles. The van der Waals surface area contributed by atoms with Crippen LogP contribution in [0, 0.1) is 0 Å². The molecule has 0 radical (unpaired) electrons. The van der Waals surface area contributed by atoms with Crippen LogP contribution < -0.4 is 19.7 Å². The van der Waals surface area contributed by atoms with Gasteiger partial charge >= 0.3 is 0 Å². The average Bonchev–Trinajstić information content (AvgIpc) is 3.23. The zero-order chi connectivity index (χ0) is 21.1. The van der Waals surface area contributed by atoms with E-state index in [-0.39, 0.29) is 18.4 Å². The van der Waals surface area contributed by atoms with Crippen molar-refractivity contribution < 1.29 is 19.1 Å². The molecule has 0 bridgehead atoms. The molecule has 2 amide bonds. The third-order valence-electron chi connectivity index (χ3n) is 4.59. The Hall–Kier alpha value is -3.65. The van der Waals surface area contributed by atoms with Crippen LogP contribution in [0.2, 0.25) is 0 Å². The van der Waals surface area contributed by atoms with Gasteiger partial charge in [-0.15, -0.1) is 17.9 Å². The number of benzene rings is 2. The Kier molecular flexibility index (Phi) is 5.49. The van der Waals surface area contributed by atoms with Crippen LogP contribution in [0.5, 0.6) is 11.5 Å². The minimum absolute atomic E-state index is 0.00994. The summed E-state index contributed by atoms with van der Waals surface area (Å²) in [6.45, 7) is 4.13. The third kappa shape index (κ3) is 3.77. The molecule has 2 aromatic carbocycles. The molecule has 8 heteroatoms. The van der Waals surface area contributed by atoms with E-state index in [1.54, 1.807) is 35.2 Å². The van der Waals surface area contributed by atoms with Crippen LogP contribution in [-0.4, -0.2) is 37.1 Å². The van der Waals surface area contributed by atoms with Gasteiger partial charge in [-0.1, -0.05) is 18.2 Å². The second kappa shape index (κ2) is 8.38. The number of carbonyl (C=O) groups is 2. The van der Waals surface area contributed by atoms with Crippen molar-refractivity contribution in [3.63, 3.8) is 0 Å². The smallest absolute Gasteiger partial charge is 0.265 e. The second-order valence-electron chi connectivity index (χ2n) is 6.46. The standard InChI is InChI=1S/C22H19N3O4S/c1-3-10-25-17-11-14(8-9-19(17)29-12-20(25)26)16-13-30-22(23-16)24-21(27)15-6-4-5-7-18(15)28-2/h3-9,11,13H,1,10,12H2,2H3,(H,23,24,27). The molecule has 0 fully saturated rings. The highest BCUT2D eigenvalue weighted by Crippen LogP contribution is 2.36. The van der Waals surface area contributed by atoms with Crippen LogP contribution in [0.4, 0.5) is 10.8 Å². The van der Waals surface area contributed by atoms with Gasteiger partial charge in [-0.2, -0.15) is 0 Å². The fourth-order valence-electron chi connectivity index (χ4n) is 3.15. The van der Waals surface area contributed by atoms with Crippen LogP contribution in [0.25, 0.3) is 11.3 Å². The Morgan fingerprint density at radius 3 is 3.00 bits per heavy atom. The summed E-state index contributed by atoms with van der Waals surface area (Å²) in [5, 5.41) is 5.12. The molecule has 4 rings (SSSR count). The average molecular weight is 421 g/mol. The topological polar surface area (TPSA) is 80.8 Å². The molecule has 0 aliphatic carbocycles. The Labute approximate surface area is 177 Å². The molecule has 3 aromatic rings. The number of aromatic nitrogens is 1. The predicted molar refractivity (Wildman–Crippen MR) is 117 cm³/mol. The van der Waals surface area contributed by atoms with Crippen molar-refractivity contribution in [3.05, 3.63) is 66.1 Å². The van der Waals surface area contributed by atoms with Gasteiger partial charge < -0.3 is 14.4 Å². The van der Waals surface area contributed by atoms with Crippen molar-refractivity contribution in [2.45, 2.75) is 0 Å². The van der Waals surface area contributed by atoms with Crippen LogP contribution in [-0.2, 0) is 4.79 Å². The summed E-state index contributed by atoms with van der Waals surface area (Å²) < 4.78 is 10.8. The van der Waals surface area contributed by atoms with E-state index < -0.39 is 0 Å². The number of hydrogen-bond acceptors (Lipinski definition) is 6. The molecule has 1 aliphatic rings. The lowest BCUT2D eigenvalue weighted by Crippen LogP contribution is -2.38. The number of methoxy groups -OCH3 is 1. The summed E-state index contributed by atoms with van der Waals surface area (Å²) in [6, 6.07) is 12.6. The molecular weight excluding hydrogens is 402 g/mol. The number of fused-ring (bicyclic) bond motifs is 1. The SMILES string of the molecule is C=CCN1C(=O)COc2ccc(-c3csc(NC(=O)c4ccccc4OC)n3)cc21. The summed E-state index contributed by atoms with van der Waals surface area (Å²) in [5.74, 6) is 0.714. The number of nitrogens with one attached hydrogen (secondary N) is 1. The molecule has 0 saturated heterocycles. The Balaban J connectivity index is 1.58. The van der Waals surface area contributed by atoms with E-state index in [9.17, 15) is 9.59 Å². The molecule has 2 heterocycles. The van der Waals surface area contributed by atoms with Crippen molar-refractivity contribution in [1.82, 2.24) is 4.98 Å². The summed E-state index contributed by atoms with van der Waals surface area (Å²) in [6.07, 6.45) is 1.67. The van der Waals surface area contributed by atoms with E-state index in [0.717, 1.165) is 5.56 Å². The molecule has 1 aromatic heterocycles. The molecule has 0 atom stereocenters. The lowest BCUT2D eigenvalue weighted by atomic mass is 10.1. The zero-order valence-electron chi connectivity index (χ0n) is 16.3. The van der Waals surface area contributed by atoms with E-state index in [2.05, 4.69) is 16.9 Å². The molecule has 0 spiro atoms. The molecule has 0 unspecified atom stereocenters. The number of rotatable bonds is 6. The van der Waals surface area contributed by atoms with Crippen molar-refractivity contribution in [2.24, 2.45) is 0 Å². The lowest BCUT2D eigenvalue weighted by Gasteiger charge is -2.28. The van der Waals surface area contributed by atoms with Gasteiger partial charge in [0.1, 0.15) is 11.5 Å². The highest BCUT2D eigenvalue weighted by molar-refractivity contribution is 7.14. The van der Waals surface area contributed by atoms with Crippen LogP contribution >= 0.6 is 11.3 Å². The van der Waals surface area contributed by atoms with Crippen LogP contribution in [0.1, 0.15) is 10.4 Å². The van der Waals surface area contributed by atoms with Gasteiger partial charge in [-0.25, -0.2) is 4.98 Å². The molecule has 0 saturated carbocycles. The first-order chi connectivity index (χ1) is 14.6. The largest absolute Gasteiger partial charge is 0.496 e. The Morgan fingerprint density at radius 2 is 2.20 bits per heavy atom. The quantitative estimate of drug-likeness (QED) is 0.609. The monoisotopic (exact) mass is 421 g/mol. The highest BCUT2D eigenvalue weighted by Gasteiger charge is 2.25. The van der Waals surface area contributed by atoms with Crippen molar-refractivity contribution in [1.29, 1.82) is 0 Å². The van der Waals surface area contributed by atoms with E-state index in [0.29, 0.717) is 40.1 Å². The van der Waals surface area contributed by atoms with E-state index in [1.807, 2.05) is 23.6 Å². The fraction of sp³-hybridized carbons (Fsp3) is 0.136. The maximum atomic E-state index is 12.6. The maximum Gasteiger partial charge on any atom is 0.265 e. The molecular formula is C22H19N3O4S. The molecule has 30 heavy (non-hydrogen) atoms. The van der Waals surface area contributed by atoms with Gasteiger partial charge in [0.25, 0.3) is 11.8 Å². The minimum atomic E-state index is -0.296. The van der Waals surface area contributed by atoms with Gasteiger partial charge in [-0.3, -0.25) is 14.9 Å². The Bertz CT molecular complexity index is 1130. The normalized spacial score (nSPS) is 12.7. The van der Waals surface area contributed by atoms with Crippen LogP contribution in [0.15, 0.2) is 60.5 Å². The summed E-state index contributed by atoms with van der Waals surface area (Å²) in [7, 11) is 1.52. The number of nitrogens with zero attached hydrogens (tertiary/aromatic N) is 2. The predicted octanol–water partition coefficient (Wildman–Crippen LogP) is 3.98. The van der Waals surface area contributed by atoms with Gasteiger partial charge in [0.15, 0.2) is 11.7 Å². The van der Waals surface area contributed by atoms with Gasteiger partial charge in [0, 0.05) is 17.5 Å². The van der Waals surface area contributed by atoms with Gasteiger partial charge in [-0.05, 0) is 30.3 Å². The van der Waals surface area contributed by atoms with Gasteiger partial charge in [0.2, 0.25) is 0 Å². The summed E-state index contributed by atoms with van der Waals surface area (Å²) in [4.78, 5) is 30.9. The second-order valence-corrected chi connectivity index (χ2v) is 7.31. The summed E-state index contributed by atoms with van der Waals surface area (Å²) in [5.41, 5.74) is 2.61. The van der Waals surface area contributed by atoms with Gasteiger partial charge in [0.05, 0.1) is 24.1 Å². The molecule has 1 N–H and O–H groups in total. The number of amides is 2.